The van der Waals surface area contributed by atoms with Crippen LogP contribution in [0.3, 0.4) is 0 Å². The normalized spacial score (nSPS) is 15.1. The topological polar surface area (TPSA) is 38.9 Å². The standard InChI is InChI=1S/C59H44N2/c1-3-35-59(2)36-34-42-31-33-52(61-57(42)58(59)60)56-48-24-14-12-22-46(48)53(47-23-13-15-25-49(47)56)40-26-28-41(29-27-40)54-44-20-10-11-21-45(44)55(39-18-8-5-9-19-39)51-37-43(30-32-50(51)54)38-16-6-4-7-17-38/h3-35,37H,36,60H2,1-2H3/b35-3-. The smallest absolute Gasteiger partial charge is 0.0902 e. The van der Waals surface area contributed by atoms with Crippen molar-refractivity contribution >= 4 is 54.9 Å². The van der Waals surface area contributed by atoms with Gasteiger partial charge in [-0.3, -0.25) is 0 Å². The van der Waals surface area contributed by atoms with Gasteiger partial charge in [0.05, 0.1) is 11.0 Å². The maximum atomic E-state index is 6.95. The number of hydrogen-bond acceptors (Lipinski definition) is 2. The van der Waals surface area contributed by atoms with Gasteiger partial charge in [-0.2, -0.15) is 0 Å². The van der Waals surface area contributed by atoms with Gasteiger partial charge in [0.25, 0.3) is 0 Å². The third kappa shape index (κ3) is 5.98. The van der Waals surface area contributed by atoms with Crippen LogP contribution in [0, 0.1) is 5.41 Å². The monoisotopic (exact) mass is 780 g/mol. The van der Waals surface area contributed by atoms with E-state index in [9.17, 15) is 0 Å². The molecule has 2 heteroatoms. The Hall–Kier alpha value is -7.55. The molecule has 1 unspecified atom stereocenters. The average Bonchev–Trinajstić information content (AvgIpc) is 3.32. The molecule has 290 valence electrons. The quantitative estimate of drug-likeness (QED) is 0.135. The molecular formula is C59H44N2. The zero-order valence-corrected chi connectivity index (χ0v) is 34.4. The Kier molecular flexibility index (Phi) is 8.75. The first-order valence-electron chi connectivity index (χ1n) is 21.3. The minimum Gasteiger partial charge on any atom is -0.400 e. The van der Waals surface area contributed by atoms with E-state index in [1.807, 2.05) is 0 Å². The van der Waals surface area contributed by atoms with Gasteiger partial charge < -0.3 is 5.73 Å². The van der Waals surface area contributed by atoms with Gasteiger partial charge in [-0.25, -0.2) is 4.98 Å². The lowest BCUT2D eigenvalue weighted by molar-refractivity contribution is 0.576. The van der Waals surface area contributed by atoms with Crippen LogP contribution in [0.15, 0.2) is 200 Å². The van der Waals surface area contributed by atoms with Crippen molar-refractivity contribution in [3.63, 3.8) is 0 Å². The first-order chi connectivity index (χ1) is 30.0. The highest BCUT2D eigenvalue weighted by Gasteiger charge is 2.27. The fraction of sp³-hybridized carbons (Fsp3) is 0.0678. The third-order valence-electron chi connectivity index (χ3n) is 12.9. The van der Waals surface area contributed by atoms with E-state index in [0.717, 1.165) is 33.9 Å². The lowest BCUT2D eigenvalue weighted by atomic mass is 9.80. The molecule has 61 heavy (non-hydrogen) atoms. The summed E-state index contributed by atoms with van der Waals surface area (Å²) in [5.74, 6) is 0. The number of aromatic nitrogens is 1. The molecule has 0 amide bonds. The van der Waals surface area contributed by atoms with E-state index in [4.69, 9.17) is 10.7 Å². The summed E-state index contributed by atoms with van der Waals surface area (Å²) in [6, 6.07) is 68.7. The predicted molar refractivity (Wildman–Crippen MR) is 260 cm³/mol. The SMILES string of the molecule is C/C=C\C1(C)CC=c2ccc(-c3c4ccccc4c(-c4ccc(-c5c6ccccc6c(-c6ccccc6)c6cc(-c7ccccc7)ccc56)cc4)c4ccccc34)nc2=C1N. The van der Waals surface area contributed by atoms with Crippen LogP contribution in [0.5, 0.6) is 0 Å². The zero-order chi connectivity index (χ0) is 41.1. The second-order valence-electron chi connectivity index (χ2n) is 16.6. The number of nitrogens with two attached hydrogens (primary N) is 1. The molecule has 0 bridgehead atoms. The highest BCUT2D eigenvalue weighted by atomic mass is 14.8. The minimum absolute atomic E-state index is 0.263. The van der Waals surface area contributed by atoms with Crippen molar-refractivity contribution in [1.82, 2.24) is 4.98 Å². The fourth-order valence-electron chi connectivity index (χ4n) is 9.95. The number of allylic oxidation sites excluding steroid dienone is 1. The molecule has 9 aromatic carbocycles. The molecule has 0 saturated heterocycles. The number of fused-ring (bicyclic) bond motifs is 5. The summed E-state index contributed by atoms with van der Waals surface area (Å²) in [6.07, 6.45) is 7.43. The van der Waals surface area contributed by atoms with Crippen molar-refractivity contribution in [3.05, 3.63) is 211 Å². The van der Waals surface area contributed by atoms with Crippen molar-refractivity contribution in [1.29, 1.82) is 0 Å². The van der Waals surface area contributed by atoms with Gasteiger partial charge in [0, 0.05) is 16.7 Å². The molecule has 2 nitrogen and oxygen atoms in total. The number of pyridine rings is 1. The van der Waals surface area contributed by atoms with Gasteiger partial charge in [0.1, 0.15) is 0 Å². The van der Waals surface area contributed by atoms with Crippen LogP contribution in [0.4, 0.5) is 0 Å². The van der Waals surface area contributed by atoms with Crippen molar-refractivity contribution < 1.29 is 0 Å². The van der Waals surface area contributed by atoms with Gasteiger partial charge in [-0.05, 0) is 118 Å². The molecule has 0 spiro atoms. The first-order valence-corrected chi connectivity index (χ1v) is 21.3. The summed E-state index contributed by atoms with van der Waals surface area (Å²) in [4.78, 5) is 5.36. The average molecular weight is 781 g/mol. The van der Waals surface area contributed by atoms with Crippen molar-refractivity contribution in [2.24, 2.45) is 11.1 Å². The van der Waals surface area contributed by atoms with Crippen molar-refractivity contribution in [2.75, 3.05) is 0 Å². The van der Waals surface area contributed by atoms with E-state index in [1.54, 1.807) is 0 Å². The first kappa shape index (κ1) is 36.5. The molecule has 2 N–H and O–H groups in total. The number of benzene rings is 9. The van der Waals surface area contributed by atoms with Crippen molar-refractivity contribution in [3.8, 4) is 55.8 Å². The van der Waals surface area contributed by atoms with Gasteiger partial charge >= 0.3 is 0 Å². The summed E-state index contributed by atoms with van der Waals surface area (Å²) in [6.45, 7) is 4.26. The summed E-state index contributed by atoms with van der Waals surface area (Å²) in [5.41, 5.74) is 19.3. The van der Waals surface area contributed by atoms with E-state index in [0.29, 0.717) is 0 Å². The lowest BCUT2D eigenvalue weighted by Gasteiger charge is -2.28. The molecule has 10 aromatic rings. The Balaban J connectivity index is 1.11. The highest BCUT2D eigenvalue weighted by Crippen LogP contribution is 2.47. The minimum atomic E-state index is -0.263. The summed E-state index contributed by atoms with van der Waals surface area (Å²) >= 11 is 0. The molecule has 0 aliphatic heterocycles. The van der Waals surface area contributed by atoms with Gasteiger partial charge in [-0.1, -0.05) is 201 Å². The molecule has 0 fully saturated rings. The van der Waals surface area contributed by atoms with Crippen LogP contribution in [-0.2, 0) is 0 Å². The molecule has 0 radical (unpaired) electrons. The van der Waals surface area contributed by atoms with E-state index in [-0.39, 0.29) is 5.41 Å². The van der Waals surface area contributed by atoms with Crippen LogP contribution in [-0.4, -0.2) is 4.98 Å². The number of nitrogens with zero attached hydrogens (tertiary/aromatic N) is 1. The van der Waals surface area contributed by atoms with Crippen LogP contribution in [0.1, 0.15) is 20.3 Å². The second kappa shape index (κ2) is 14.6. The Morgan fingerprint density at radius 2 is 0.869 bits per heavy atom. The van der Waals surface area contributed by atoms with Crippen molar-refractivity contribution in [2.45, 2.75) is 20.3 Å². The third-order valence-corrected chi connectivity index (χ3v) is 12.9. The van der Waals surface area contributed by atoms with Crippen LogP contribution in [0.2, 0.25) is 0 Å². The van der Waals surface area contributed by atoms with Crippen LogP contribution in [0.25, 0.3) is 111 Å². The van der Waals surface area contributed by atoms with Crippen LogP contribution >= 0.6 is 0 Å². The summed E-state index contributed by atoms with van der Waals surface area (Å²) in [7, 11) is 0. The predicted octanol–water partition coefficient (Wildman–Crippen LogP) is 13.9. The largest absolute Gasteiger partial charge is 0.400 e. The molecule has 1 aliphatic rings. The fourth-order valence-corrected chi connectivity index (χ4v) is 9.95. The Bertz CT molecular complexity index is 3450. The van der Waals surface area contributed by atoms with E-state index in [2.05, 4.69) is 220 Å². The summed E-state index contributed by atoms with van der Waals surface area (Å²) in [5, 5.41) is 11.7. The highest BCUT2D eigenvalue weighted by molar-refractivity contribution is 6.23. The van der Waals surface area contributed by atoms with Gasteiger partial charge in [-0.15, -0.1) is 0 Å². The van der Waals surface area contributed by atoms with Gasteiger partial charge in [0.2, 0.25) is 0 Å². The second-order valence-corrected chi connectivity index (χ2v) is 16.6. The Morgan fingerprint density at radius 3 is 1.39 bits per heavy atom. The molecule has 1 heterocycles. The lowest BCUT2D eigenvalue weighted by Crippen LogP contribution is -2.42. The number of hydrogen-bond donors (Lipinski definition) is 1. The molecule has 1 aliphatic carbocycles. The zero-order valence-electron chi connectivity index (χ0n) is 34.4. The molecular weight excluding hydrogens is 737 g/mol. The van der Waals surface area contributed by atoms with E-state index >= 15 is 0 Å². The molecule has 1 aromatic heterocycles. The summed E-state index contributed by atoms with van der Waals surface area (Å²) < 4.78 is 0. The Labute approximate surface area is 356 Å². The van der Waals surface area contributed by atoms with E-state index < -0.39 is 0 Å². The Morgan fingerprint density at radius 1 is 0.443 bits per heavy atom. The molecule has 11 rings (SSSR count). The van der Waals surface area contributed by atoms with Crippen LogP contribution < -0.4 is 16.3 Å². The molecule has 1 atom stereocenters. The maximum Gasteiger partial charge on any atom is 0.0902 e. The molecule has 0 saturated carbocycles. The maximum absolute atomic E-state index is 6.95. The van der Waals surface area contributed by atoms with Gasteiger partial charge in [0.15, 0.2) is 0 Å². The number of rotatable bonds is 6. The van der Waals surface area contributed by atoms with E-state index in [1.165, 1.54) is 87.6 Å².